The number of hydrogen-bond acceptors (Lipinski definition) is 3. The van der Waals surface area contributed by atoms with Crippen molar-refractivity contribution in [1.82, 2.24) is 14.3 Å². The molecule has 1 N–H and O–H groups in total. The molecule has 0 bridgehead atoms. The van der Waals surface area contributed by atoms with Gasteiger partial charge in [-0.2, -0.15) is 4.72 Å². The number of halogens is 1. The molecular weight excluding hydrogens is 329 g/mol. The van der Waals surface area contributed by atoms with E-state index < -0.39 is 21.9 Å². The number of imidazole rings is 1. The summed E-state index contributed by atoms with van der Waals surface area (Å²) in [7, 11) is -2.11. The zero-order valence-corrected chi connectivity index (χ0v) is 13.7. The van der Waals surface area contributed by atoms with E-state index >= 15 is 0 Å². The smallest absolute Gasteiger partial charge is 0.241 e. The molecular formula is C17H16FN3O2S. The predicted molar refractivity (Wildman–Crippen MR) is 88.2 cm³/mol. The summed E-state index contributed by atoms with van der Waals surface area (Å²) in [6, 6.07) is 13.1. The Morgan fingerprint density at radius 3 is 2.38 bits per heavy atom. The monoisotopic (exact) mass is 345 g/mol. The summed E-state index contributed by atoms with van der Waals surface area (Å²) in [4.78, 5) is 4.29. The summed E-state index contributed by atoms with van der Waals surface area (Å²) >= 11 is 0. The van der Waals surface area contributed by atoms with Gasteiger partial charge in [-0.25, -0.2) is 17.8 Å². The molecule has 24 heavy (non-hydrogen) atoms. The van der Waals surface area contributed by atoms with Crippen LogP contribution in [0.5, 0.6) is 0 Å². The standard InChI is InChI=1S/C17H16FN3O2S/c1-21-12-11-19-17(21)16(14-9-5-6-10-15(14)18)20-24(22,23)13-7-3-2-4-8-13/h2-12,16,20H,1H3/t16-/m0/s1. The number of sulfonamides is 1. The minimum absolute atomic E-state index is 0.112. The molecule has 0 radical (unpaired) electrons. The lowest BCUT2D eigenvalue weighted by molar-refractivity contribution is 0.545. The maximum absolute atomic E-state index is 14.3. The number of benzene rings is 2. The SMILES string of the molecule is Cn1ccnc1[C@@H](NS(=O)(=O)c1ccccc1)c1ccccc1F. The van der Waals surface area contributed by atoms with Crippen LogP contribution in [-0.2, 0) is 17.1 Å². The number of aryl methyl sites for hydroxylation is 1. The van der Waals surface area contributed by atoms with Crippen LogP contribution < -0.4 is 4.72 Å². The van der Waals surface area contributed by atoms with Gasteiger partial charge in [0, 0.05) is 25.0 Å². The molecule has 0 aliphatic rings. The summed E-state index contributed by atoms with van der Waals surface area (Å²) in [6.07, 6.45) is 3.22. The largest absolute Gasteiger partial charge is 0.336 e. The maximum atomic E-state index is 14.3. The van der Waals surface area contributed by atoms with Crippen LogP contribution in [0.25, 0.3) is 0 Å². The van der Waals surface area contributed by atoms with E-state index in [0.717, 1.165) is 0 Å². The second-order valence-electron chi connectivity index (χ2n) is 5.29. The van der Waals surface area contributed by atoms with Crippen molar-refractivity contribution < 1.29 is 12.8 Å². The van der Waals surface area contributed by atoms with E-state index in [9.17, 15) is 12.8 Å². The Kier molecular flexibility index (Phi) is 4.46. The van der Waals surface area contributed by atoms with Crippen molar-refractivity contribution in [2.75, 3.05) is 0 Å². The van der Waals surface area contributed by atoms with Gasteiger partial charge in [0.2, 0.25) is 10.0 Å². The van der Waals surface area contributed by atoms with E-state index in [1.54, 1.807) is 60.4 Å². The summed E-state index contributed by atoms with van der Waals surface area (Å²) in [5.41, 5.74) is 0.214. The predicted octanol–water partition coefficient (Wildman–Crippen LogP) is 2.63. The van der Waals surface area contributed by atoms with Gasteiger partial charge < -0.3 is 4.57 Å². The molecule has 5 nitrogen and oxygen atoms in total. The third-order valence-corrected chi connectivity index (χ3v) is 5.10. The Labute approximate surface area is 139 Å². The minimum atomic E-state index is -3.84. The molecule has 3 rings (SSSR count). The number of nitrogens with zero attached hydrogens (tertiary/aromatic N) is 2. The number of hydrogen-bond donors (Lipinski definition) is 1. The number of nitrogens with one attached hydrogen (secondary N) is 1. The fraction of sp³-hybridized carbons (Fsp3) is 0.118. The topological polar surface area (TPSA) is 64.0 Å². The highest BCUT2D eigenvalue weighted by Crippen LogP contribution is 2.25. The maximum Gasteiger partial charge on any atom is 0.241 e. The normalized spacial score (nSPS) is 12.9. The highest BCUT2D eigenvalue weighted by atomic mass is 32.2. The molecule has 0 fully saturated rings. The fourth-order valence-corrected chi connectivity index (χ4v) is 3.64. The van der Waals surface area contributed by atoms with Crippen LogP contribution in [0.2, 0.25) is 0 Å². The van der Waals surface area contributed by atoms with Gasteiger partial charge in [0.15, 0.2) is 0 Å². The van der Waals surface area contributed by atoms with E-state index in [1.165, 1.54) is 18.2 Å². The highest BCUT2D eigenvalue weighted by Gasteiger charge is 2.27. The van der Waals surface area contributed by atoms with Crippen LogP contribution in [0, 0.1) is 5.82 Å². The average Bonchev–Trinajstić information content (AvgIpc) is 3.00. The molecule has 0 unspecified atom stereocenters. The van der Waals surface area contributed by atoms with Crippen molar-refractivity contribution in [2.24, 2.45) is 7.05 Å². The number of aromatic nitrogens is 2. The first-order valence-electron chi connectivity index (χ1n) is 7.28. The lowest BCUT2D eigenvalue weighted by Crippen LogP contribution is -2.31. The van der Waals surface area contributed by atoms with Crippen molar-refractivity contribution in [3.63, 3.8) is 0 Å². The molecule has 0 spiro atoms. The Bertz CT molecular complexity index is 939. The van der Waals surface area contributed by atoms with E-state index in [0.29, 0.717) is 5.82 Å². The van der Waals surface area contributed by atoms with E-state index in [-0.39, 0.29) is 10.5 Å². The third kappa shape index (κ3) is 3.22. The quantitative estimate of drug-likeness (QED) is 0.773. The minimum Gasteiger partial charge on any atom is -0.336 e. The van der Waals surface area contributed by atoms with Crippen LogP contribution in [0.3, 0.4) is 0 Å². The Morgan fingerprint density at radius 1 is 1.08 bits per heavy atom. The van der Waals surface area contributed by atoms with Gasteiger partial charge in [-0.05, 0) is 18.2 Å². The zero-order valence-electron chi connectivity index (χ0n) is 12.9. The lowest BCUT2D eigenvalue weighted by atomic mass is 10.1. The first-order chi connectivity index (χ1) is 11.5. The van der Waals surface area contributed by atoms with Crippen LogP contribution >= 0.6 is 0 Å². The van der Waals surface area contributed by atoms with Gasteiger partial charge >= 0.3 is 0 Å². The van der Waals surface area contributed by atoms with Crippen molar-refractivity contribution in [3.05, 3.63) is 84.2 Å². The van der Waals surface area contributed by atoms with E-state index in [4.69, 9.17) is 0 Å². The summed E-state index contributed by atoms with van der Waals surface area (Å²) < 4.78 is 43.8. The molecule has 2 aromatic carbocycles. The van der Waals surface area contributed by atoms with Crippen LogP contribution in [0.1, 0.15) is 17.4 Å². The van der Waals surface area contributed by atoms with Gasteiger partial charge in [0.05, 0.1) is 4.90 Å². The molecule has 0 amide bonds. The molecule has 1 aromatic heterocycles. The summed E-state index contributed by atoms with van der Waals surface area (Å²) in [6.45, 7) is 0. The van der Waals surface area contributed by atoms with Gasteiger partial charge in [-0.1, -0.05) is 36.4 Å². The first kappa shape index (κ1) is 16.4. The molecule has 0 aliphatic carbocycles. The summed E-state index contributed by atoms with van der Waals surface area (Å²) in [5, 5.41) is 0. The van der Waals surface area contributed by atoms with Crippen molar-refractivity contribution in [2.45, 2.75) is 10.9 Å². The Balaban J connectivity index is 2.07. The van der Waals surface area contributed by atoms with Gasteiger partial charge in [-0.15, -0.1) is 0 Å². The van der Waals surface area contributed by atoms with Crippen molar-refractivity contribution in [3.8, 4) is 0 Å². The van der Waals surface area contributed by atoms with Gasteiger partial charge in [-0.3, -0.25) is 0 Å². The number of rotatable bonds is 5. The second kappa shape index (κ2) is 6.54. The first-order valence-corrected chi connectivity index (χ1v) is 8.76. The van der Waals surface area contributed by atoms with E-state index in [2.05, 4.69) is 9.71 Å². The summed E-state index contributed by atoms with van der Waals surface area (Å²) in [5.74, 6) is -0.0964. The molecule has 7 heteroatoms. The van der Waals surface area contributed by atoms with Crippen molar-refractivity contribution >= 4 is 10.0 Å². The highest BCUT2D eigenvalue weighted by molar-refractivity contribution is 7.89. The van der Waals surface area contributed by atoms with Crippen LogP contribution in [0.15, 0.2) is 71.9 Å². The molecule has 3 aromatic rings. The Morgan fingerprint density at radius 2 is 1.75 bits per heavy atom. The van der Waals surface area contributed by atoms with Crippen LogP contribution in [-0.4, -0.2) is 18.0 Å². The van der Waals surface area contributed by atoms with Crippen molar-refractivity contribution in [1.29, 1.82) is 0 Å². The molecule has 1 heterocycles. The molecule has 124 valence electrons. The average molecular weight is 345 g/mol. The Hall–Kier alpha value is -2.51. The molecule has 0 aliphatic heterocycles. The zero-order chi connectivity index (χ0) is 17.2. The second-order valence-corrected chi connectivity index (χ2v) is 7.00. The molecule has 0 saturated heterocycles. The third-order valence-electron chi connectivity index (χ3n) is 3.66. The molecule has 1 atom stereocenters. The lowest BCUT2D eigenvalue weighted by Gasteiger charge is -2.19. The fourth-order valence-electron chi connectivity index (χ4n) is 2.44. The van der Waals surface area contributed by atoms with Gasteiger partial charge in [0.1, 0.15) is 17.7 Å². The van der Waals surface area contributed by atoms with Gasteiger partial charge in [0.25, 0.3) is 0 Å². The van der Waals surface area contributed by atoms with E-state index in [1.807, 2.05) is 0 Å². The van der Waals surface area contributed by atoms with Crippen LogP contribution in [0.4, 0.5) is 4.39 Å². The molecule has 0 saturated carbocycles.